The molecule has 3 aromatic rings. The fourth-order valence-corrected chi connectivity index (χ4v) is 5.48. The van der Waals surface area contributed by atoms with E-state index in [9.17, 15) is 13.2 Å². The van der Waals surface area contributed by atoms with Crippen molar-refractivity contribution in [1.29, 1.82) is 0 Å². The van der Waals surface area contributed by atoms with Crippen LogP contribution in [0.25, 0.3) is 11.5 Å². The zero-order chi connectivity index (χ0) is 21.3. The summed E-state index contributed by atoms with van der Waals surface area (Å²) in [5.41, 5.74) is 1.95. The standard InChI is InChI=1S/C18H18N4O6S2/c1-10-19-16(28-21-10)15-13-7-8-27-9-14(13)29-17(15)22-30(24,25)12-5-3-11(4-6-12)20-18(23)26-2/h3-6,22H,7-9H2,1-2H3,(H,20,23). The molecule has 0 bridgehead atoms. The summed E-state index contributed by atoms with van der Waals surface area (Å²) in [7, 11) is -2.66. The average Bonchev–Trinajstić information content (AvgIpc) is 3.30. The maximum Gasteiger partial charge on any atom is 0.411 e. The van der Waals surface area contributed by atoms with Gasteiger partial charge in [-0.1, -0.05) is 5.16 Å². The molecule has 4 rings (SSSR count). The van der Waals surface area contributed by atoms with Crippen LogP contribution in [0.4, 0.5) is 15.5 Å². The topological polar surface area (TPSA) is 133 Å². The summed E-state index contributed by atoms with van der Waals surface area (Å²) in [6.45, 7) is 2.63. The first-order valence-corrected chi connectivity index (χ1v) is 11.2. The molecule has 2 aromatic heterocycles. The monoisotopic (exact) mass is 450 g/mol. The lowest BCUT2D eigenvalue weighted by molar-refractivity contribution is 0.113. The number of benzene rings is 1. The van der Waals surface area contributed by atoms with Crippen molar-refractivity contribution in [2.24, 2.45) is 0 Å². The third-order valence-electron chi connectivity index (χ3n) is 4.39. The third-order valence-corrected chi connectivity index (χ3v) is 7.00. The summed E-state index contributed by atoms with van der Waals surface area (Å²) >= 11 is 1.29. The van der Waals surface area contributed by atoms with Gasteiger partial charge in [-0.15, -0.1) is 11.3 Å². The summed E-state index contributed by atoms with van der Waals surface area (Å²) in [5.74, 6) is 0.724. The van der Waals surface area contributed by atoms with Gasteiger partial charge in [-0.05, 0) is 43.2 Å². The van der Waals surface area contributed by atoms with E-state index in [-0.39, 0.29) is 10.8 Å². The van der Waals surface area contributed by atoms with E-state index in [1.165, 1.54) is 42.7 Å². The number of methoxy groups -OCH3 is 1. The molecule has 0 unspecified atom stereocenters. The number of rotatable bonds is 5. The van der Waals surface area contributed by atoms with E-state index >= 15 is 0 Å². The third kappa shape index (κ3) is 4.01. The molecule has 1 aromatic carbocycles. The second kappa shape index (κ2) is 8.05. The predicted octanol–water partition coefficient (Wildman–Crippen LogP) is 3.16. The fourth-order valence-electron chi connectivity index (χ4n) is 3.00. The molecule has 3 heterocycles. The highest BCUT2D eigenvalue weighted by molar-refractivity contribution is 7.93. The van der Waals surface area contributed by atoms with E-state index < -0.39 is 16.1 Å². The Labute approximate surface area is 176 Å². The molecule has 0 radical (unpaired) electrons. The number of amides is 1. The average molecular weight is 450 g/mol. The second-order valence-electron chi connectivity index (χ2n) is 6.40. The van der Waals surface area contributed by atoms with Crippen LogP contribution in [0.1, 0.15) is 16.3 Å². The number of aryl methyl sites for hydroxylation is 1. The minimum atomic E-state index is -3.90. The molecule has 1 aliphatic heterocycles. The first-order chi connectivity index (χ1) is 14.4. The molecule has 0 aliphatic carbocycles. The van der Waals surface area contributed by atoms with Crippen molar-refractivity contribution in [3.05, 3.63) is 40.5 Å². The number of hydrogen-bond donors (Lipinski definition) is 2. The normalized spacial score (nSPS) is 13.5. The number of hydrogen-bond acceptors (Lipinski definition) is 9. The first-order valence-electron chi connectivity index (χ1n) is 8.88. The van der Waals surface area contributed by atoms with Crippen LogP contribution >= 0.6 is 11.3 Å². The minimum absolute atomic E-state index is 0.0354. The van der Waals surface area contributed by atoms with Crippen molar-refractivity contribution >= 4 is 38.1 Å². The number of anilines is 2. The lowest BCUT2D eigenvalue weighted by Crippen LogP contribution is -2.14. The number of carbonyl (C=O) groups excluding carboxylic acids is 1. The summed E-state index contributed by atoms with van der Waals surface area (Å²) in [5, 5.41) is 6.69. The van der Waals surface area contributed by atoms with Gasteiger partial charge in [0.25, 0.3) is 15.9 Å². The van der Waals surface area contributed by atoms with Crippen molar-refractivity contribution in [2.45, 2.75) is 24.8 Å². The zero-order valence-electron chi connectivity index (χ0n) is 16.1. The molecule has 0 saturated carbocycles. The van der Waals surface area contributed by atoms with E-state index in [1.807, 2.05) is 0 Å². The Bertz CT molecular complexity index is 1180. The summed E-state index contributed by atoms with van der Waals surface area (Å²) in [4.78, 5) is 16.5. The van der Waals surface area contributed by atoms with Gasteiger partial charge >= 0.3 is 6.09 Å². The van der Waals surface area contributed by atoms with Crippen molar-refractivity contribution in [2.75, 3.05) is 23.8 Å². The van der Waals surface area contributed by atoms with Crippen LogP contribution < -0.4 is 10.0 Å². The molecule has 30 heavy (non-hydrogen) atoms. The van der Waals surface area contributed by atoms with E-state index in [0.29, 0.717) is 41.7 Å². The Morgan fingerprint density at radius 3 is 2.70 bits per heavy atom. The van der Waals surface area contributed by atoms with Crippen molar-refractivity contribution in [3.63, 3.8) is 0 Å². The molecule has 0 fully saturated rings. The van der Waals surface area contributed by atoms with Crippen LogP contribution in [0.3, 0.4) is 0 Å². The van der Waals surface area contributed by atoms with Gasteiger partial charge in [0.1, 0.15) is 5.00 Å². The van der Waals surface area contributed by atoms with E-state index in [2.05, 4.69) is 24.9 Å². The van der Waals surface area contributed by atoms with E-state index in [0.717, 1.165) is 10.4 Å². The van der Waals surface area contributed by atoms with E-state index in [1.54, 1.807) is 6.92 Å². The largest absolute Gasteiger partial charge is 0.453 e. The Balaban J connectivity index is 1.66. The second-order valence-corrected chi connectivity index (χ2v) is 9.19. The minimum Gasteiger partial charge on any atom is -0.453 e. The number of carbonyl (C=O) groups is 1. The highest BCUT2D eigenvalue weighted by Gasteiger charge is 2.28. The van der Waals surface area contributed by atoms with Crippen molar-refractivity contribution in [3.8, 4) is 11.5 Å². The van der Waals surface area contributed by atoms with Crippen LogP contribution in [0, 0.1) is 6.92 Å². The number of nitrogens with zero attached hydrogens (tertiary/aromatic N) is 2. The molecule has 12 heteroatoms. The van der Waals surface area contributed by atoms with Gasteiger partial charge < -0.3 is 14.0 Å². The summed E-state index contributed by atoms with van der Waals surface area (Å²) in [6, 6.07) is 5.73. The van der Waals surface area contributed by atoms with Gasteiger partial charge in [0.2, 0.25) is 0 Å². The van der Waals surface area contributed by atoms with Crippen LogP contribution in [0.5, 0.6) is 0 Å². The number of ether oxygens (including phenoxy) is 2. The van der Waals surface area contributed by atoms with Crippen LogP contribution in [0.2, 0.25) is 0 Å². The maximum absolute atomic E-state index is 13.0. The first kappa shape index (κ1) is 20.3. The van der Waals surface area contributed by atoms with Crippen LogP contribution in [-0.4, -0.2) is 38.4 Å². The number of nitrogens with one attached hydrogen (secondary N) is 2. The van der Waals surface area contributed by atoms with Crippen molar-refractivity contribution < 1.29 is 27.2 Å². The Kier molecular flexibility index (Phi) is 5.45. The highest BCUT2D eigenvalue weighted by Crippen LogP contribution is 2.43. The Morgan fingerprint density at radius 2 is 2.03 bits per heavy atom. The van der Waals surface area contributed by atoms with Crippen molar-refractivity contribution in [1.82, 2.24) is 10.1 Å². The van der Waals surface area contributed by atoms with Gasteiger partial charge in [-0.3, -0.25) is 10.0 Å². The number of aromatic nitrogens is 2. The molecule has 158 valence electrons. The molecule has 0 spiro atoms. The zero-order valence-corrected chi connectivity index (χ0v) is 17.7. The van der Waals surface area contributed by atoms with Gasteiger partial charge in [-0.25, -0.2) is 13.2 Å². The van der Waals surface area contributed by atoms with Gasteiger partial charge in [0.15, 0.2) is 5.82 Å². The smallest absolute Gasteiger partial charge is 0.411 e. The van der Waals surface area contributed by atoms with Gasteiger partial charge in [0, 0.05) is 10.6 Å². The number of thiophene rings is 1. The maximum atomic E-state index is 13.0. The Morgan fingerprint density at radius 1 is 1.27 bits per heavy atom. The van der Waals surface area contributed by atoms with Gasteiger partial charge in [-0.2, -0.15) is 4.98 Å². The van der Waals surface area contributed by atoms with Crippen LogP contribution in [0.15, 0.2) is 33.7 Å². The molecule has 0 saturated heterocycles. The number of sulfonamides is 1. The molecular formula is C18H18N4O6S2. The molecule has 1 amide bonds. The SMILES string of the molecule is COC(=O)Nc1ccc(S(=O)(=O)Nc2sc3c(c2-c2nc(C)no2)CCOC3)cc1. The van der Waals surface area contributed by atoms with E-state index in [4.69, 9.17) is 9.26 Å². The molecule has 10 nitrogen and oxygen atoms in total. The predicted molar refractivity (Wildman–Crippen MR) is 109 cm³/mol. The molecule has 2 N–H and O–H groups in total. The lowest BCUT2D eigenvalue weighted by Gasteiger charge is -2.12. The molecule has 1 aliphatic rings. The fraction of sp³-hybridized carbons (Fsp3) is 0.278. The lowest BCUT2D eigenvalue weighted by atomic mass is 10.1. The molecular weight excluding hydrogens is 432 g/mol. The van der Waals surface area contributed by atoms with Gasteiger partial charge in [0.05, 0.1) is 30.8 Å². The highest BCUT2D eigenvalue weighted by atomic mass is 32.2. The summed E-state index contributed by atoms with van der Waals surface area (Å²) in [6.07, 6.45) is -0.0206. The van der Waals surface area contributed by atoms with Crippen LogP contribution in [-0.2, 0) is 32.5 Å². The number of fused-ring (bicyclic) bond motifs is 1. The summed E-state index contributed by atoms with van der Waals surface area (Å²) < 4.78 is 43.9. The Hall–Kier alpha value is -2.96. The quantitative estimate of drug-likeness (QED) is 0.606. The molecule has 0 atom stereocenters.